The Hall–Kier alpha value is -0.570. The van der Waals surface area contributed by atoms with Crippen molar-refractivity contribution in [3.8, 4) is 0 Å². The molecule has 0 aromatic carbocycles. The topological polar surface area (TPSA) is 49.3 Å². The quantitative estimate of drug-likeness (QED) is 0.677. The Kier molecular flexibility index (Phi) is 2.54. The van der Waals surface area contributed by atoms with Gasteiger partial charge in [-0.15, -0.1) is 0 Å². The molecule has 2 fully saturated rings. The highest BCUT2D eigenvalue weighted by Gasteiger charge is 2.38. The van der Waals surface area contributed by atoms with E-state index in [9.17, 15) is 4.79 Å². The molecule has 1 saturated carbocycles. The van der Waals surface area contributed by atoms with Crippen LogP contribution in [0.25, 0.3) is 0 Å². The van der Waals surface area contributed by atoms with Gasteiger partial charge >= 0.3 is 5.97 Å². The third-order valence-electron chi connectivity index (χ3n) is 3.49. The van der Waals surface area contributed by atoms with Gasteiger partial charge in [-0.1, -0.05) is 12.8 Å². The van der Waals surface area contributed by atoms with Crippen LogP contribution in [-0.2, 0) is 4.79 Å². The molecule has 2 N–H and O–H groups in total. The van der Waals surface area contributed by atoms with Gasteiger partial charge in [-0.2, -0.15) is 0 Å². The van der Waals surface area contributed by atoms with Crippen LogP contribution in [0.2, 0.25) is 0 Å². The number of hydrogen-bond acceptors (Lipinski definition) is 2. The summed E-state index contributed by atoms with van der Waals surface area (Å²) in [5, 5.41) is 12.4. The molecule has 0 bridgehead atoms. The van der Waals surface area contributed by atoms with E-state index in [2.05, 4.69) is 5.32 Å². The summed E-state index contributed by atoms with van der Waals surface area (Å²) in [5.74, 6) is -0.103. The molecule has 1 aliphatic heterocycles. The predicted molar refractivity (Wildman–Crippen MR) is 49.5 cm³/mol. The molecular formula is C10H17NO2. The Balaban J connectivity index is 2.00. The Labute approximate surface area is 78.5 Å². The molecule has 3 nitrogen and oxygen atoms in total. The monoisotopic (exact) mass is 183 g/mol. The van der Waals surface area contributed by atoms with Crippen molar-refractivity contribution in [2.24, 2.45) is 11.8 Å². The van der Waals surface area contributed by atoms with Gasteiger partial charge in [-0.3, -0.25) is 4.79 Å². The van der Waals surface area contributed by atoms with Gasteiger partial charge in [0.2, 0.25) is 0 Å². The van der Waals surface area contributed by atoms with E-state index in [4.69, 9.17) is 5.11 Å². The first-order valence-electron chi connectivity index (χ1n) is 5.25. The highest BCUT2D eigenvalue weighted by Crippen LogP contribution is 2.33. The molecule has 0 amide bonds. The number of carboxylic acids is 1. The summed E-state index contributed by atoms with van der Waals surface area (Å²) in [4.78, 5) is 10.9. The van der Waals surface area contributed by atoms with Gasteiger partial charge in [0, 0.05) is 6.04 Å². The van der Waals surface area contributed by atoms with Crippen LogP contribution in [0, 0.1) is 11.8 Å². The molecule has 0 radical (unpaired) electrons. The van der Waals surface area contributed by atoms with Crippen LogP contribution in [0.3, 0.4) is 0 Å². The summed E-state index contributed by atoms with van der Waals surface area (Å²) >= 11 is 0. The molecule has 13 heavy (non-hydrogen) atoms. The van der Waals surface area contributed by atoms with Crippen molar-refractivity contribution >= 4 is 5.97 Å². The van der Waals surface area contributed by atoms with Crippen molar-refractivity contribution in [2.45, 2.75) is 38.1 Å². The van der Waals surface area contributed by atoms with Crippen LogP contribution in [0.1, 0.15) is 32.1 Å². The third kappa shape index (κ3) is 1.70. The maximum atomic E-state index is 10.9. The molecule has 0 aromatic heterocycles. The summed E-state index contributed by atoms with van der Waals surface area (Å²) in [6.07, 6.45) is 5.84. The van der Waals surface area contributed by atoms with Gasteiger partial charge in [-0.05, 0) is 31.7 Å². The maximum absolute atomic E-state index is 10.9. The molecule has 3 heteroatoms. The average Bonchev–Trinajstić information content (AvgIpc) is 2.74. The second-order valence-electron chi connectivity index (χ2n) is 4.26. The van der Waals surface area contributed by atoms with Crippen molar-refractivity contribution < 1.29 is 9.90 Å². The van der Waals surface area contributed by atoms with Crippen molar-refractivity contribution in [1.29, 1.82) is 0 Å². The molecule has 2 rings (SSSR count). The van der Waals surface area contributed by atoms with Crippen molar-refractivity contribution in [3.05, 3.63) is 0 Å². The number of carbonyl (C=O) groups is 1. The van der Waals surface area contributed by atoms with Gasteiger partial charge in [0.1, 0.15) is 0 Å². The number of nitrogens with one attached hydrogen (secondary N) is 1. The minimum absolute atomic E-state index is 0.122. The lowest BCUT2D eigenvalue weighted by atomic mass is 9.88. The van der Waals surface area contributed by atoms with Gasteiger partial charge in [0.05, 0.1) is 5.92 Å². The fourth-order valence-corrected chi connectivity index (χ4v) is 2.82. The van der Waals surface area contributed by atoms with Crippen LogP contribution < -0.4 is 5.32 Å². The van der Waals surface area contributed by atoms with Crippen LogP contribution in [0.15, 0.2) is 0 Å². The van der Waals surface area contributed by atoms with Crippen LogP contribution in [0.4, 0.5) is 0 Å². The Morgan fingerprint density at radius 1 is 1.23 bits per heavy atom. The Morgan fingerprint density at radius 3 is 2.54 bits per heavy atom. The Bertz CT molecular complexity index is 199. The highest BCUT2D eigenvalue weighted by molar-refractivity contribution is 5.71. The molecule has 0 unspecified atom stereocenters. The fraction of sp³-hybridized carbons (Fsp3) is 0.900. The van der Waals surface area contributed by atoms with Crippen molar-refractivity contribution in [1.82, 2.24) is 5.32 Å². The molecule has 1 aliphatic carbocycles. The van der Waals surface area contributed by atoms with E-state index in [0.29, 0.717) is 5.92 Å². The summed E-state index contributed by atoms with van der Waals surface area (Å²) in [7, 11) is 0. The van der Waals surface area contributed by atoms with Gasteiger partial charge in [-0.25, -0.2) is 0 Å². The van der Waals surface area contributed by atoms with Crippen LogP contribution in [-0.4, -0.2) is 23.7 Å². The normalized spacial score (nSPS) is 35.4. The van der Waals surface area contributed by atoms with Crippen LogP contribution in [0.5, 0.6) is 0 Å². The first kappa shape index (κ1) is 9.00. The second kappa shape index (κ2) is 3.66. The van der Waals surface area contributed by atoms with Gasteiger partial charge in [0.25, 0.3) is 0 Å². The van der Waals surface area contributed by atoms with E-state index < -0.39 is 5.97 Å². The molecule has 1 heterocycles. The number of carboxylic acid groups (broad SMARTS) is 1. The van der Waals surface area contributed by atoms with E-state index in [0.717, 1.165) is 13.0 Å². The first-order chi connectivity index (χ1) is 6.29. The van der Waals surface area contributed by atoms with Crippen molar-refractivity contribution in [2.75, 3.05) is 6.54 Å². The summed E-state index contributed by atoms with van der Waals surface area (Å²) in [6.45, 7) is 0.887. The van der Waals surface area contributed by atoms with E-state index in [1.165, 1.54) is 25.7 Å². The molecule has 0 aromatic rings. The van der Waals surface area contributed by atoms with Gasteiger partial charge in [0.15, 0.2) is 0 Å². The summed E-state index contributed by atoms with van der Waals surface area (Å²) < 4.78 is 0. The third-order valence-corrected chi connectivity index (χ3v) is 3.49. The zero-order valence-electron chi connectivity index (χ0n) is 7.83. The number of aliphatic carboxylic acids is 1. The number of rotatable bonds is 2. The van der Waals surface area contributed by atoms with E-state index in [-0.39, 0.29) is 12.0 Å². The smallest absolute Gasteiger partial charge is 0.308 e. The van der Waals surface area contributed by atoms with E-state index in [1.807, 2.05) is 0 Å². The molecule has 74 valence electrons. The number of hydrogen-bond donors (Lipinski definition) is 2. The Morgan fingerprint density at radius 2 is 1.92 bits per heavy atom. The van der Waals surface area contributed by atoms with E-state index in [1.54, 1.807) is 0 Å². The first-order valence-corrected chi connectivity index (χ1v) is 5.25. The predicted octanol–water partition coefficient (Wildman–Crippen LogP) is 1.24. The SMILES string of the molecule is O=C(O)[C@@H]1CCN[C@H]1C1CCCC1. The zero-order valence-corrected chi connectivity index (χ0v) is 7.83. The molecule has 2 aliphatic rings. The minimum Gasteiger partial charge on any atom is -0.481 e. The lowest BCUT2D eigenvalue weighted by Crippen LogP contribution is -2.37. The largest absolute Gasteiger partial charge is 0.481 e. The zero-order chi connectivity index (χ0) is 9.26. The van der Waals surface area contributed by atoms with Gasteiger partial charge < -0.3 is 10.4 Å². The minimum atomic E-state index is -0.609. The lowest BCUT2D eigenvalue weighted by molar-refractivity contribution is -0.142. The van der Waals surface area contributed by atoms with Crippen LogP contribution >= 0.6 is 0 Å². The molecular weight excluding hydrogens is 166 g/mol. The fourth-order valence-electron chi connectivity index (χ4n) is 2.82. The molecule has 2 atom stereocenters. The second-order valence-corrected chi connectivity index (χ2v) is 4.26. The van der Waals surface area contributed by atoms with Crippen molar-refractivity contribution in [3.63, 3.8) is 0 Å². The van der Waals surface area contributed by atoms with E-state index >= 15 is 0 Å². The summed E-state index contributed by atoms with van der Waals surface area (Å²) in [5.41, 5.74) is 0. The highest BCUT2D eigenvalue weighted by atomic mass is 16.4. The average molecular weight is 183 g/mol. The maximum Gasteiger partial charge on any atom is 0.308 e. The lowest BCUT2D eigenvalue weighted by Gasteiger charge is -2.22. The summed E-state index contributed by atoms with van der Waals surface area (Å²) in [6, 6.07) is 0.264. The molecule has 1 saturated heterocycles. The molecule has 0 spiro atoms. The standard InChI is InChI=1S/C10H17NO2/c12-10(13)8-5-6-11-9(8)7-3-1-2-4-7/h7-9,11H,1-6H2,(H,12,13)/t8-,9+/m1/s1.